The van der Waals surface area contributed by atoms with Crippen molar-refractivity contribution in [3.63, 3.8) is 0 Å². The van der Waals surface area contributed by atoms with Crippen LogP contribution in [0.2, 0.25) is 0 Å². The Labute approximate surface area is 178 Å². The number of carbonyl (C=O) groups excluding carboxylic acids is 1. The van der Waals surface area contributed by atoms with Crippen molar-refractivity contribution in [1.29, 1.82) is 0 Å². The van der Waals surface area contributed by atoms with Gasteiger partial charge in [-0.1, -0.05) is 6.07 Å². The lowest BCUT2D eigenvalue weighted by molar-refractivity contribution is -0.110. The van der Waals surface area contributed by atoms with Gasteiger partial charge in [0.25, 0.3) is 5.91 Å². The molecular formula is C21H22N8O2. The maximum absolute atomic E-state index is 12.8. The van der Waals surface area contributed by atoms with Gasteiger partial charge in [0, 0.05) is 19.6 Å². The summed E-state index contributed by atoms with van der Waals surface area (Å²) in [6.45, 7) is 5.51. The first-order valence-electron chi connectivity index (χ1n) is 10.3. The SMILES string of the molecule is O=C(Nc1ccc(NCCCN2CCOCC2)nc1)C1=Nc2cccc3nnnc1c23. The third kappa shape index (κ3) is 4.21. The van der Waals surface area contributed by atoms with Gasteiger partial charge in [0.05, 0.1) is 41.7 Å². The van der Waals surface area contributed by atoms with E-state index in [9.17, 15) is 4.79 Å². The van der Waals surface area contributed by atoms with Crippen molar-refractivity contribution < 1.29 is 9.53 Å². The minimum atomic E-state index is -0.356. The molecule has 4 heterocycles. The van der Waals surface area contributed by atoms with Gasteiger partial charge in [-0.25, -0.2) is 9.98 Å². The van der Waals surface area contributed by atoms with Crippen LogP contribution in [0.4, 0.5) is 17.2 Å². The van der Waals surface area contributed by atoms with Gasteiger partial charge in [-0.2, -0.15) is 0 Å². The topological polar surface area (TPSA) is 118 Å². The molecule has 0 radical (unpaired) electrons. The van der Waals surface area contributed by atoms with Gasteiger partial charge in [0.1, 0.15) is 11.5 Å². The molecule has 0 unspecified atom stereocenters. The average molecular weight is 418 g/mol. The smallest absolute Gasteiger partial charge is 0.276 e. The monoisotopic (exact) mass is 418 g/mol. The first-order valence-corrected chi connectivity index (χ1v) is 10.3. The maximum atomic E-state index is 12.8. The summed E-state index contributed by atoms with van der Waals surface area (Å²) in [6, 6.07) is 9.14. The van der Waals surface area contributed by atoms with Crippen LogP contribution < -0.4 is 10.6 Å². The lowest BCUT2D eigenvalue weighted by Crippen LogP contribution is -2.37. The zero-order chi connectivity index (χ0) is 21.0. The summed E-state index contributed by atoms with van der Waals surface area (Å²) in [5, 5.41) is 18.7. The minimum absolute atomic E-state index is 0.228. The Kier molecular flexibility index (Phi) is 5.46. The van der Waals surface area contributed by atoms with Crippen molar-refractivity contribution in [2.45, 2.75) is 6.42 Å². The third-order valence-electron chi connectivity index (χ3n) is 5.31. The number of aromatic nitrogens is 4. The van der Waals surface area contributed by atoms with E-state index in [1.54, 1.807) is 6.20 Å². The van der Waals surface area contributed by atoms with E-state index in [0.29, 0.717) is 22.6 Å². The standard InChI is InChI=1S/C21H22N8O2/c30-21(20-19-18-15(25-20)3-1-4-16(18)26-28-27-19)24-14-5-6-17(23-13-14)22-7-2-8-29-9-11-31-12-10-29/h1,3-6,13H,2,7-12H2,(H,22,23)(H,24,30). The molecule has 31 heavy (non-hydrogen) atoms. The highest BCUT2D eigenvalue weighted by molar-refractivity contribution is 6.52. The van der Waals surface area contributed by atoms with Crippen molar-refractivity contribution in [1.82, 2.24) is 25.3 Å². The van der Waals surface area contributed by atoms with Gasteiger partial charge < -0.3 is 15.4 Å². The van der Waals surface area contributed by atoms with Crippen LogP contribution in [0, 0.1) is 0 Å². The van der Waals surface area contributed by atoms with Crippen LogP contribution in [0.15, 0.2) is 41.5 Å². The molecule has 2 aromatic heterocycles. The van der Waals surface area contributed by atoms with Crippen molar-refractivity contribution in [3.8, 4) is 0 Å². The number of carbonyl (C=O) groups is 1. The van der Waals surface area contributed by atoms with E-state index < -0.39 is 0 Å². The Hall–Kier alpha value is -3.50. The number of nitrogens with one attached hydrogen (secondary N) is 2. The summed E-state index contributed by atoms with van der Waals surface area (Å²) < 4.78 is 5.36. The molecule has 10 heteroatoms. The fourth-order valence-electron chi connectivity index (χ4n) is 3.72. The zero-order valence-electron chi connectivity index (χ0n) is 16.9. The number of ether oxygens (including phenoxy) is 1. The number of hydrogen-bond donors (Lipinski definition) is 2. The average Bonchev–Trinajstić information content (AvgIpc) is 3.19. The van der Waals surface area contributed by atoms with Crippen LogP contribution in [0.5, 0.6) is 0 Å². The normalized spacial score (nSPS) is 15.7. The van der Waals surface area contributed by atoms with Crippen molar-refractivity contribution in [2.75, 3.05) is 50.0 Å². The molecule has 0 bridgehead atoms. The molecule has 158 valence electrons. The van der Waals surface area contributed by atoms with Crippen LogP contribution in [-0.2, 0) is 9.53 Å². The summed E-state index contributed by atoms with van der Waals surface area (Å²) in [5.74, 6) is 0.415. The molecule has 1 saturated heterocycles. The lowest BCUT2D eigenvalue weighted by atomic mass is 10.1. The van der Waals surface area contributed by atoms with E-state index in [-0.39, 0.29) is 11.6 Å². The molecule has 0 aliphatic carbocycles. The van der Waals surface area contributed by atoms with Crippen molar-refractivity contribution in [2.24, 2.45) is 4.99 Å². The second-order valence-electron chi connectivity index (χ2n) is 7.39. The van der Waals surface area contributed by atoms with E-state index in [1.807, 2.05) is 30.3 Å². The molecule has 1 aromatic carbocycles. The maximum Gasteiger partial charge on any atom is 0.276 e. The molecule has 1 amide bonds. The van der Waals surface area contributed by atoms with E-state index in [0.717, 1.165) is 57.0 Å². The highest BCUT2D eigenvalue weighted by Gasteiger charge is 2.26. The number of hydrogen-bond acceptors (Lipinski definition) is 9. The largest absolute Gasteiger partial charge is 0.379 e. The second-order valence-corrected chi connectivity index (χ2v) is 7.39. The number of morpholine rings is 1. The van der Waals surface area contributed by atoms with Crippen LogP contribution in [0.1, 0.15) is 12.1 Å². The predicted octanol–water partition coefficient (Wildman–Crippen LogP) is 1.63. The highest BCUT2D eigenvalue weighted by atomic mass is 16.5. The second kappa shape index (κ2) is 8.70. The van der Waals surface area contributed by atoms with Gasteiger partial charge >= 0.3 is 0 Å². The van der Waals surface area contributed by atoms with E-state index in [2.05, 4.69) is 40.9 Å². The molecule has 3 aromatic rings. The fourth-order valence-corrected chi connectivity index (χ4v) is 3.72. The Balaban J connectivity index is 1.16. The van der Waals surface area contributed by atoms with E-state index in [4.69, 9.17) is 4.74 Å². The number of aliphatic imine (C=N–C) groups is 1. The summed E-state index contributed by atoms with van der Waals surface area (Å²) in [5.41, 5.74) is 2.60. The van der Waals surface area contributed by atoms with E-state index >= 15 is 0 Å². The molecule has 0 atom stereocenters. The van der Waals surface area contributed by atoms with Gasteiger partial charge in [0.15, 0.2) is 5.71 Å². The van der Waals surface area contributed by atoms with Gasteiger partial charge in [-0.05, 0) is 42.4 Å². The molecule has 5 rings (SSSR count). The molecule has 2 aliphatic heterocycles. The molecular weight excluding hydrogens is 396 g/mol. The van der Waals surface area contributed by atoms with Gasteiger partial charge in [-0.15, -0.1) is 10.2 Å². The van der Waals surface area contributed by atoms with Gasteiger partial charge in [-0.3, -0.25) is 9.69 Å². The van der Waals surface area contributed by atoms with Gasteiger partial charge in [0.2, 0.25) is 0 Å². The number of nitrogens with zero attached hydrogens (tertiary/aromatic N) is 6. The van der Waals surface area contributed by atoms with Crippen molar-refractivity contribution in [3.05, 3.63) is 42.2 Å². The minimum Gasteiger partial charge on any atom is -0.379 e. The molecule has 2 aliphatic rings. The number of amides is 1. The molecule has 0 saturated carbocycles. The quantitative estimate of drug-likeness (QED) is 0.556. The fraction of sp³-hybridized carbons (Fsp3) is 0.333. The first kappa shape index (κ1) is 19.5. The zero-order valence-corrected chi connectivity index (χ0v) is 16.9. The predicted molar refractivity (Wildman–Crippen MR) is 117 cm³/mol. The first-order chi connectivity index (χ1) is 15.3. The number of pyridine rings is 1. The van der Waals surface area contributed by atoms with Crippen LogP contribution in [-0.4, -0.2) is 76.3 Å². The molecule has 10 nitrogen and oxygen atoms in total. The van der Waals surface area contributed by atoms with Crippen LogP contribution in [0.25, 0.3) is 10.9 Å². The Morgan fingerprint density at radius 1 is 1.13 bits per heavy atom. The Morgan fingerprint density at radius 3 is 2.87 bits per heavy atom. The van der Waals surface area contributed by atoms with Crippen LogP contribution >= 0.6 is 0 Å². The van der Waals surface area contributed by atoms with Crippen LogP contribution in [0.3, 0.4) is 0 Å². The molecule has 2 N–H and O–H groups in total. The Bertz CT molecular complexity index is 1120. The van der Waals surface area contributed by atoms with Crippen molar-refractivity contribution >= 4 is 39.7 Å². The summed E-state index contributed by atoms with van der Waals surface area (Å²) >= 11 is 0. The third-order valence-corrected chi connectivity index (χ3v) is 5.31. The Morgan fingerprint density at radius 2 is 2.03 bits per heavy atom. The molecule has 1 fully saturated rings. The lowest BCUT2D eigenvalue weighted by Gasteiger charge is -2.26. The highest BCUT2D eigenvalue weighted by Crippen LogP contribution is 2.32. The number of anilines is 2. The van der Waals surface area contributed by atoms with E-state index in [1.165, 1.54) is 0 Å². The summed E-state index contributed by atoms with van der Waals surface area (Å²) in [6.07, 6.45) is 2.65. The summed E-state index contributed by atoms with van der Waals surface area (Å²) in [7, 11) is 0. The number of rotatable bonds is 7. The molecule has 0 spiro atoms. The summed E-state index contributed by atoms with van der Waals surface area (Å²) in [4.78, 5) is 24.0. The number of benzene rings is 1.